The van der Waals surface area contributed by atoms with Gasteiger partial charge in [-0.15, -0.1) is 0 Å². The van der Waals surface area contributed by atoms with E-state index in [9.17, 15) is 0 Å². The van der Waals surface area contributed by atoms with Crippen molar-refractivity contribution in [1.82, 2.24) is 0 Å². The molecule has 0 amide bonds. The summed E-state index contributed by atoms with van der Waals surface area (Å²) in [5, 5.41) is 28.0. The van der Waals surface area contributed by atoms with E-state index in [0.717, 1.165) is 28.4 Å². The molecule has 0 atom stereocenters. The third-order valence-corrected chi connectivity index (χ3v) is 0. The summed E-state index contributed by atoms with van der Waals surface area (Å²) in [6.45, 7) is 0. The van der Waals surface area contributed by atoms with Crippen LogP contribution in [0.3, 0.4) is 0 Å². The molecule has 0 spiro atoms. The maximum atomic E-state index is 8.33. The summed E-state index contributed by atoms with van der Waals surface area (Å²) in [6, 6.07) is 0. The first kappa shape index (κ1) is 31.7. The van der Waals surface area contributed by atoms with E-state index in [1.165, 1.54) is 0 Å². The Kier molecular flexibility index (Phi) is 19000. The van der Waals surface area contributed by atoms with Crippen molar-refractivity contribution >= 4 is 0 Å². The molecule has 0 aromatic rings. The summed E-state index contributed by atoms with van der Waals surface area (Å²) < 4.78 is 8.33. The average molecular weight is 328 g/mol. The molecule has 0 rings (SSSR count). The second-order valence-electron chi connectivity index (χ2n) is 0. The molecule has 0 saturated heterocycles. The topological polar surface area (TPSA) is 98.0 Å². The van der Waals surface area contributed by atoms with Gasteiger partial charge in [-0.25, -0.2) is 0 Å². The van der Waals surface area contributed by atoms with E-state index in [0.29, 0.717) is 19.8 Å². The Balaban J connectivity index is -0.0000000104. The zero-order chi connectivity index (χ0) is 10.0. The molecule has 0 radical (unpaired) electrons. The van der Waals surface area contributed by atoms with Crippen LogP contribution in [0.25, 0.3) is 0 Å². The van der Waals surface area contributed by atoms with Crippen molar-refractivity contribution in [3.05, 3.63) is 0 Å². The van der Waals surface area contributed by atoms with E-state index in [1.54, 1.807) is 0 Å². The Morgan fingerprint density at radius 2 is 0.600 bits per heavy atom. The fraction of sp³-hybridized carbons (Fsp3) is 1.00. The molecule has 10 heavy (non-hydrogen) atoms. The van der Waals surface area contributed by atoms with Crippen LogP contribution in [0.15, 0.2) is 0 Å². The predicted molar refractivity (Wildman–Crippen MR) is 33.3 cm³/mol. The first-order valence-electron chi connectivity index (χ1n) is 1.96. The normalized spacial score (nSPS) is 2.80. The van der Waals surface area contributed by atoms with Crippen molar-refractivity contribution in [2.75, 3.05) is 28.4 Å². The van der Waals surface area contributed by atoms with Crippen molar-refractivity contribution < 1.29 is 43.6 Å². The van der Waals surface area contributed by atoms with Crippen LogP contribution >= 0.6 is 0 Å². The maximum absolute atomic E-state index is 8.33. The number of aliphatic hydroxyl groups excluding tert-OH is 4. The van der Waals surface area contributed by atoms with Gasteiger partial charge in [0.05, 0.1) is 0 Å². The van der Waals surface area contributed by atoms with Gasteiger partial charge in [-0.05, 0) is 0 Å². The molecular formula is C4H16O5W. The van der Waals surface area contributed by atoms with Gasteiger partial charge in [0.15, 0.2) is 0 Å². The van der Waals surface area contributed by atoms with Gasteiger partial charge in [-0.3, -0.25) is 0 Å². The van der Waals surface area contributed by atoms with Crippen molar-refractivity contribution in [3.63, 3.8) is 0 Å². The molecule has 5 nitrogen and oxygen atoms in total. The van der Waals surface area contributed by atoms with E-state index in [1.807, 2.05) is 0 Å². The van der Waals surface area contributed by atoms with Gasteiger partial charge in [0.1, 0.15) is 0 Å². The van der Waals surface area contributed by atoms with Gasteiger partial charge in [-0.2, -0.15) is 0 Å². The number of aliphatic hydroxyl groups is 4. The molecule has 0 saturated carbocycles. The molecule has 0 aliphatic rings. The summed E-state index contributed by atoms with van der Waals surface area (Å²) in [5.41, 5.74) is 0. The predicted octanol–water partition coefficient (Wildman–Crippen LogP) is -1.69. The van der Waals surface area contributed by atoms with Crippen LogP contribution in [0.5, 0.6) is 0 Å². The Morgan fingerprint density at radius 3 is 0.600 bits per heavy atom. The van der Waals surface area contributed by atoms with Gasteiger partial charge >= 0.3 is 23.2 Å². The second kappa shape index (κ2) is 6000. The molecule has 0 aromatic carbocycles. The molecule has 68 valence electrons. The molecule has 0 heterocycles. The van der Waals surface area contributed by atoms with Crippen molar-refractivity contribution in [2.45, 2.75) is 0 Å². The van der Waals surface area contributed by atoms with Gasteiger partial charge in [0.2, 0.25) is 0 Å². The Hall–Kier alpha value is 0.328. The van der Waals surface area contributed by atoms with Gasteiger partial charge in [0.25, 0.3) is 0 Å². The zero-order valence-electron chi connectivity index (χ0n) is 6.61. The minimum atomic E-state index is 0.333. The van der Waals surface area contributed by atoms with E-state index in [-0.39, 0.29) is 0 Å². The molecule has 0 unspecified atom stereocenters. The SMILES string of the molecule is CO.CO.CO.CO.[O]=[W]. The average Bonchev–Trinajstić information content (AvgIpc) is 2.20. The zero-order valence-corrected chi connectivity index (χ0v) is 9.54. The van der Waals surface area contributed by atoms with E-state index >= 15 is 0 Å². The molecule has 6 heteroatoms. The fourth-order valence-electron chi connectivity index (χ4n) is 0. The third kappa shape index (κ3) is 4150. The van der Waals surface area contributed by atoms with E-state index in [2.05, 4.69) is 0 Å². The van der Waals surface area contributed by atoms with E-state index < -0.39 is 0 Å². The molecule has 4 N–H and O–H groups in total. The van der Waals surface area contributed by atoms with Crippen LogP contribution in [0.1, 0.15) is 0 Å². The molecule has 0 aromatic heterocycles. The first-order valence-corrected chi connectivity index (χ1v) is 3.15. The summed E-state index contributed by atoms with van der Waals surface area (Å²) in [7, 11) is 4.00. The summed E-state index contributed by atoms with van der Waals surface area (Å²) in [6.07, 6.45) is 0. The van der Waals surface area contributed by atoms with Crippen LogP contribution in [0.2, 0.25) is 0 Å². The van der Waals surface area contributed by atoms with Crippen LogP contribution in [0, 0.1) is 0 Å². The van der Waals surface area contributed by atoms with Crippen LogP contribution in [-0.4, -0.2) is 48.9 Å². The Bertz CT molecular complexity index is 13.6. The first-order chi connectivity index (χ1) is 5.00. The summed E-state index contributed by atoms with van der Waals surface area (Å²) in [5.74, 6) is 0. The number of hydrogen-bond donors (Lipinski definition) is 4. The summed E-state index contributed by atoms with van der Waals surface area (Å²) >= 11 is 0.333. The Morgan fingerprint density at radius 1 is 0.600 bits per heavy atom. The van der Waals surface area contributed by atoms with Crippen molar-refractivity contribution in [2.24, 2.45) is 0 Å². The van der Waals surface area contributed by atoms with Crippen molar-refractivity contribution in [3.8, 4) is 0 Å². The van der Waals surface area contributed by atoms with Crippen LogP contribution in [0.4, 0.5) is 0 Å². The van der Waals surface area contributed by atoms with Gasteiger partial charge in [0, 0.05) is 28.4 Å². The number of rotatable bonds is 0. The van der Waals surface area contributed by atoms with Gasteiger partial charge < -0.3 is 20.4 Å². The number of hydrogen-bond acceptors (Lipinski definition) is 5. The molecule has 0 aliphatic heterocycles. The van der Waals surface area contributed by atoms with Crippen LogP contribution < -0.4 is 0 Å². The van der Waals surface area contributed by atoms with Crippen molar-refractivity contribution in [1.29, 1.82) is 0 Å². The molecular weight excluding hydrogens is 312 g/mol. The monoisotopic (exact) mass is 328 g/mol. The van der Waals surface area contributed by atoms with Crippen LogP contribution in [-0.2, 0) is 23.2 Å². The fourth-order valence-corrected chi connectivity index (χ4v) is 0. The standard InChI is InChI=1S/4CH4O.O.W/c4*1-2;;/h4*2H,1H3;;. The summed E-state index contributed by atoms with van der Waals surface area (Å²) in [4.78, 5) is 0. The molecule has 0 bridgehead atoms. The molecule has 0 aliphatic carbocycles. The third-order valence-electron chi connectivity index (χ3n) is 0. The molecule has 0 fully saturated rings. The van der Waals surface area contributed by atoms with E-state index in [4.69, 9.17) is 23.8 Å². The van der Waals surface area contributed by atoms with Gasteiger partial charge in [-0.1, -0.05) is 0 Å². The quantitative estimate of drug-likeness (QED) is 0.426. The Labute approximate surface area is 72.5 Å². The second-order valence-corrected chi connectivity index (χ2v) is 0. The minimum absolute atomic E-state index is 0.333.